The SMILES string of the molecule is C=CNCC(=O)NCC(=O)N(CCC)Cc1ccc(C2=NCCN2)cc1.CC.CC. The molecule has 7 heteroatoms. The maximum atomic E-state index is 12.4. The Bertz CT molecular complexity index is 656. The number of benzene rings is 1. The van der Waals surface area contributed by atoms with Gasteiger partial charge in [0.15, 0.2) is 0 Å². The number of amides is 2. The van der Waals surface area contributed by atoms with E-state index in [4.69, 9.17) is 0 Å². The average molecular weight is 418 g/mol. The van der Waals surface area contributed by atoms with Crippen LogP contribution in [0.4, 0.5) is 0 Å². The van der Waals surface area contributed by atoms with Gasteiger partial charge in [-0.1, -0.05) is 65.5 Å². The number of rotatable bonds is 10. The summed E-state index contributed by atoms with van der Waals surface area (Å²) in [6, 6.07) is 8.06. The normalized spacial score (nSPS) is 11.4. The van der Waals surface area contributed by atoms with Crippen LogP contribution in [0.15, 0.2) is 42.0 Å². The molecule has 0 saturated carbocycles. The minimum atomic E-state index is -0.233. The van der Waals surface area contributed by atoms with Crippen molar-refractivity contribution in [1.82, 2.24) is 20.9 Å². The monoisotopic (exact) mass is 417 g/mol. The van der Waals surface area contributed by atoms with Crippen molar-refractivity contribution in [3.05, 3.63) is 48.2 Å². The van der Waals surface area contributed by atoms with Crippen LogP contribution in [0, 0.1) is 0 Å². The van der Waals surface area contributed by atoms with E-state index in [1.54, 1.807) is 4.90 Å². The highest BCUT2D eigenvalue weighted by Gasteiger charge is 2.15. The predicted octanol–water partition coefficient (Wildman–Crippen LogP) is 2.68. The Morgan fingerprint density at radius 1 is 1.17 bits per heavy atom. The zero-order valence-electron chi connectivity index (χ0n) is 19.3. The van der Waals surface area contributed by atoms with Gasteiger partial charge in [0.05, 0.1) is 19.6 Å². The largest absolute Gasteiger partial charge is 0.383 e. The van der Waals surface area contributed by atoms with E-state index in [1.165, 1.54) is 6.20 Å². The third kappa shape index (κ3) is 10.1. The lowest BCUT2D eigenvalue weighted by atomic mass is 10.1. The van der Waals surface area contributed by atoms with Crippen molar-refractivity contribution in [3.63, 3.8) is 0 Å². The van der Waals surface area contributed by atoms with Crippen LogP contribution in [0.25, 0.3) is 0 Å². The summed E-state index contributed by atoms with van der Waals surface area (Å²) in [6.07, 6.45) is 2.30. The number of nitrogens with one attached hydrogen (secondary N) is 3. The van der Waals surface area contributed by atoms with E-state index in [2.05, 4.69) is 27.5 Å². The molecule has 0 aromatic heterocycles. The fourth-order valence-electron chi connectivity index (χ4n) is 2.65. The Labute approximate surface area is 182 Å². The van der Waals surface area contributed by atoms with Crippen molar-refractivity contribution in [2.75, 3.05) is 32.7 Å². The van der Waals surface area contributed by atoms with Crippen LogP contribution in [-0.2, 0) is 16.1 Å². The molecule has 0 fully saturated rings. The molecule has 7 nitrogen and oxygen atoms in total. The molecule has 0 saturated heterocycles. The van der Waals surface area contributed by atoms with Gasteiger partial charge in [-0.25, -0.2) is 0 Å². The van der Waals surface area contributed by atoms with Gasteiger partial charge in [0.2, 0.25) is 11.8 Å². The molecule has 3 N–H and O–H groups in total. The van der Waals surface area contributed by atoms with Gasteiger partial charge in [-0.3, -0.25) is 14.6 Å². The first-order valence-corrected chi connectivity index (χ1v) is 10.9. The summed E-state index contributed by atoms with van der Waals surface area (Å²) in [7, 11) is 0. The quantitative estimate of drug-likeness (QED) is 0.546. The van der Waals surface area contributed by atoms with Crippen LogP contribution in [0.1, 0.15) is 52.2 Å². The molecular formula is C23H39N5O2. The molecule has 2 amide bonds. The van der Waals surface area contributed by atoms with E-state index in [-0.39, 0.29) is 24.9 Å². The second kappa shape index (κ2) is 17.1. The lowest BCUT2D eigenvalue weighted by Gasteiger charge is -2.22. The molecule has 0 bridgehead atoms. The topological polar surface area (TPSA) is 85.8 Å². The number of carbonyl (C=O) groups excluding carboxylic acids is 2. The molecule has 0 radical (unpaired) electrons. The summed E-state index contributed by atoms with van der Waals surface area (Å²) in [5.74, 6) is 0.600. The number of hydrogen-bond acceptors (Lipinski definition) is 5. The molecule has 1 heterocycles. The standard InChI is InChI=1S/C19H27N5O2.2C2H6/c1-3-11-24(18(26)13-23-17(25)12-20-4-2)14-15-5-7-16(8-6-15)19-21-9-10-22-19;2*1-2/h4-8,20H,2-3,9-14H2,1H3,(H,21,22)(H,23,25);2*1-2H3. The highest BCUT2D eigenvalue weighted by Crippen LogP contribution is 2.10. The van der Waals surface area contributed by atoms with Crippen molar-refractivity contribution >= 4 is 17.6 Å². The van der Waals surface area contributed by atoms with Gasteiger partial charge in [0.25, 0.3) is 0 Å². The van der Waals surface area contributed by atoms with Crippen LogP contribution >= 0.6 is 0 Å². The predicted molar refractivity (Wildman–Crippen MR) is 125 cm³/mol. The van der Waals surface area contributed by atoms with Gasteiger partial charge in [0, 0.05) is 25.2 Å². The molecule has 0 spiro atoms. The lowest BCUT2D eigenvalue weighted by Crippen LogP contribution is -2.42. The van der Waals surface area contributed by atoms with E-state index >= 15 is 0 Å². The van der Waals surface area contributed by atoms with Gasteiger partial charge in [-0.15, -0.1) is 0 Å². The summed E-state index contributed by atoms with van der Waals surface area (Å²) in [5, 5.41) is 8.58. The van der Waals surface area contributed by atoms with Crippen LogP contribution in [0.2, 0.25) is 0 Å². The molecule has 1 aromatic rings. The van der Waals surface area contributed by atoms with Crippen molar-refractivity contribution in [2.45, 2.75) is 47.6 Å². The third-order valence-electron chi connectivity index (χ3n) is 3.96. The zero-order chi connectivity index (χ0) is 22.8. The second-order valence-electron chi connectivity index (χ2n) is 6.03. The Morgan fingerprint density at radius 2 is 1.83 bits per heavy atom. The zero-order valence-corrected chi connectivity index (χ0v) is 19.3. The van der Waals surface area contributed by atoms with E-state index in [0.29, 0.717) is 13.1 Å². The van der Waals surface area contributed by atoms with E-state index in [1.807, 2.05) is 58.9 Å². The molecule has 1 aromatic carbocycles. The fourth-order valence-corrected chi connectivity index (χ4v) is 2.65. The van der Waals surface area contributed by atoms with Crippen LogP contribution < -0.4 is 16.0 Å². The molecule has 0 unspecified atom stereocenters. The molecular weight excluding hydrogens is 378 g/mol. The van der Waals surface area contributed by atoms with Crippen LogP contribution in [0.3, 0.4) is 0 Å². The third-order valence-corrected chi connectivity index (χ3v) is 3.96. The van der Waals surface area contributed by atoms with Crippen LogP contribution in [0.5, 0.6) is 0 Å². The Hall–Kier alpha value is -2.83. The van der Waals surface area contributed by atoms with Gasteiger partial charge in [-0.05, 0) is 18.2 Å². The lowest BCUT2D eigenvalue weighted by molar-refractivity contribution is -0.133. The molecule has 0 atom stereocenters. The minimum Gasteiger partial charge on any atom is -0.383 e. The Morgan fingerprint density at radius 3 is 2.37 bits per heavy atom. The molecule has 0 aliphatic carbocycles. The fraction of sp³-hybridized carbons (Fsp3) is 0.522. The summed E-state index contributed by atoms with van der Waals surface area (Å²) in [4.78, 5) is 30.2. The number of nitrogens with zero attached hydrogens (tertiary/aromatic N) is 2. The minimum absolute atomic E-state index is 0.00351. The van der Waals surface area contributed by atoms with E-state index in [9.17, 15) is 9.59 Å². The van der Waals surface area contributed by atoms with Crippen LogP contribution in [-0.4, -0.2) is 55.3 Å². The van der Waals surface area contributed by atoms with Crippen molar-refractivity contribution in [2.24, 2.45) is 4.99 Å². The summed E-state index contributed by atoms with van der Waals surface area (Å²) in [5.41, 5.74) is 2.11. The Balaban J connectivity index is 0.00000198. The number of hydrogen-bond donors (Lipinski definition) is 3. The van der Waals surface area contributed by atoms with Gasteiger partial charge < -0.3 is 20.9 Å². The molecule has 1 aliphatic heterocycles. The molecule has 168 valence electrons. The molecule has 2 rings (SSSR count). The molecule has 30 heavy (non-hydrogen) atoms. The van der Waals surface area contributed by atoms with Crippen molar-refractivity contribution in [3.8, 4) is 0 Å². The first kappa shape index (κ1) is 27.2. The smallest absolute Gasteiger partial charge is 0.242 e. The summed E-state index contributed by atoms with van der Waals surface area (Å²) < 4.78 is 0. The Kier molecular flexibility index (Phi) is 15.5. The van der Waals surface area contributed by atoms with Gasteiger partial charge in [0.1, 0.15) is 5.84 Å². The first-order valence-electron chi connectivity index (χ1n) is 10.9. The molecule has 1 aliphatic rings. The van der Waals surface area contributed by atoms with Gasteiger partial charge >= 0.3 is 0 Å². The second-order valence-corrected chi connectivity index (χ2v) is 6.03. The number of carbonyl (C=O) groups is 2. The highest BCUT2D eigenvalue weighted by molar-refractivity contribution is 5.99. The highest BCUT2D eigenvalue weighted by atomic mass is 16.2. The van der Waals surface area contributed by atoms with E-state index in [0.717, 1.165) is 36.5 Å². The van der Waals surface area contributed by atoms with Crippen molar-refractivity contribution < 1.29 is 9.59 Å². The maximum absolute atomic E-state index is 12.4. The summed E-state index contributed by atoms with van der Waals surface area (Å²) in [6.45, 7) is 16.5. The maximum Gasteiger partial charge on any atom is 0.242 e. The average Bonchev–Trinajstić information content (AvgIpc) is 3.34. The number of aliphatic imine (C=N–C) groups is 1. The van der Waals surface area contributed by atoms with E-state index < -0.39 is 0 Å². The van der Waals surface area contributed by atoms with Crippen molar-refractivity contribution in [1.29, 1.82) is 0 Å². The first-order chi connectivity index (χ1) is 14.6. The number of amidine groups is 1. The van der Waals surface area contributed by atoms with Gasteiger partial charge in [-0.2, -0.15) is 0 Å². The summed E-state index contributed by atoms with van der Waals surface area (Å²) >= 11 is 0.